The molecule has 0 bridgehead atoms. The van der Waals surface area contributed by atoms with Gasteiger partial charge in [-0.3, -0.25) is 9.59 Å². The molecule has 0 atom stereocenters. The Kier molecular flexibility index (Phi) is 4.31. The molecule has 0 fully saturated rings. The predicted molar refractivity (Wildman–Crippen MR) is 90.7 cm³/mol. The smallest absolute Gasteiger partial charge is 0.261 e. The molecular formula is C18H15F2N3O2. The van der Waals surface area contributed by atoms with Gasteiger partial charge in [0.25, 0.3) is 5.91 Å². The van der Waals surface area contributed by atoms with E-state index in [4.69, 9.17) is 0 Å². The Labute approximate surface area is 141 Å². The van der Waals surface area contributed by atoms with E-state index in [9.17, 15) is 18.4 Å². The SMILES string of the molecule is CCn1cc(C(=O)Nc2ccc(F)cc2F)c(=O)c2ccc(C)nc21. The van der Waals surface area contributed by atoms with Crippen molar-refractivity contribution in [2.24, 2.45) is 0 Å². The first kappa shape index (κ1) is 16.8. The Morgan fingerprint density at radius 3 is 2.68 bits per heavy atom. The Bertz CT molecular complexity index is 1040. The summed E-state index contributed by atoms with van der Waals surface area (Å²) < 4.78 is 28.4. The molecule has 1 amide bonds. The van der Waals surface area contributed by atoms with E-state index in [-0.39, 0.29) is 11.3 Å². The van der Waals surface area contributed by atoms with Gasteiger partial charge >= 0.3 is 0 Å². The van der Waals surface area contributed by atoms with Crippen LogP contribution in [0.15, 0.2) is 41.3 Å². The van der Waals surface area contributed by atoms with Crippen LogP contribution in [0.2, 0.25) is 0 Å². The highest BCUT2D eigenvalue weighted by atomic mass is 19.1. The summed E-state index contributed by atoms with van der Waals surface area (Å²) in [6.45, 7) is 4.16. The Balaban J connectivity index is 2.08. The lowest BCUT2D eigenvalue weighted by atomic mass is 10.1. The largest absolute Gasteiger partial charge is 0.332 e. The van der Waals surface area contributed by atoms with Gasteiger partial charge in [-0.2, -0.15) is 0 Å². The molecule has 3 rings (SSSR count). The minimum absolute atomic E-state index is 0.135. The molecule has 0 saturated carbocycles. The summed E-state index contributed by atoms with van der Waals surface area (Å²) in [6, 6.07) is 6.09. The fraction of sp³-hybridized carbons (Fsp3) is 0.167. The van der Waals surface area contributed by atoms with Crippen LogP contribution in [0.4, 0.5) is 14.5 Å². The van der Waals surface area contributed by atoms with E-state index in [1.54, 1.807) is 16.7 Å². The summed E-state index contributed by atoms with van der Waals surface area (Å²) in [7, 11) is 0. The van der Waals surface area contributed by atoms with Gasteiger partial charge < -0.3 is 9.88 Å². The first-order chi connectivity index (χ1) is 11.9. The number of hydrogen-bond donors (Lipinski definition) is 1. The van der Waals surface area contributed by atoms with E-state index in [1.165, 1.54) is 6.20 Å². The number of carbonyl (C=O) groups is 1. The van der Waals surface area contributed by atoms with E-state index in [0.29, 0.717) is 23.6 Å². The molecule has 2 heterocycles. The van der Waals surface area contributed by atoms with Crippen LogP contribution in [0.5, 0.6) is 0 Å². The third-order valence-electron chi connectivity index (χ3n) is 3.83. The van der Waals surface area contributed by atoms with Crippen LogP contribution in [0, 0.1) is 18.6 Å². The second-order valence-electron chi connectivity index (χ2n) is 5.56. The molecule has 1 N–H and O–H groups in total. The minimum atomic E-state index is -0.915. The standard InChI is InChI=1S/C18H15F2N3O2/c1-3-23-9-13(16(24)12-6-4-10(2)21-17(12)23)18(25)22-15-7-5-11(19)8-14(15)20/h4-9H,3H2,1-2H3,(H,22,25). The number of carbonyl (C=O) groups excluding carboxylic acids is 1. The zero-order valence-electron chi connectivity index (χ0n) is 13.6. The Morgan fingerprint density at radius 2 is 2.00 bits per heavy atom. The highest BCUT2D eigenvalue weighted by Crippen LogP contribution is 2.17. The van der Waals surface area contributed by atoms with Crippen molar-refractivity contribution in [1.29, 1.82) is 0 Å². The van der Waals surface area contributed by atoms with Gasteiger partial charge in [-0.05, 0) is 38.1 Å². The van der Waals surface area contributed by atoms with Crippen LogP contribution in [-0.4, -0.2) is 15.5 Å². The molecule has 7 heteroatoms. The molecule has 25 heavy (non-hydrogen) atoms. The van der Waals surface area contributed by atoms with Crippen molar-refractivity contribution in [1.82, 2.24) is 9.55 Å². The zero-order valence-corrected chi connectivity index (χ0v) is 13.6. The van der Waals surface area contributed by atoms with Crippen molar-refractivity contribution in [3.8, 4) is 0 Å². The van der Waals surface area contributed by atoms with Crippen molar-refractivity contribution in [3.05, 3.63) is 69.6 Å². The average Bonchev–Trinajstić information content (AvgIpc) is 2.57. The number of fused-ring (bicyclic) bond motifs is 1. The van der Waals surface area contributed by atoms with E-state index >= 15 is 0 Å². The maximum Gasteiger partial charge on any atom is 0.261 e. The molecular weight excluding hydrogens is 328 g/mol. The summed E-state index contributed by atoms with van der Waals surface area (Å²) in [6.07, 6.45) is 1.40. The lowest BCUT2D eigenvalue weighted by Gasteiger charge is -2.12. The molecule has 0 radical (unpaired) electrons. The summed E-state index contributed by atoms with van der Waals surface area (Å²) in [5.74, 6) is -2.43. The van der Waals surface area contributed by atoms with Crippen LogP contribution in [-0.2, 0) is 6.54 Å². The minimum Gasteiger partial charge on any atom is -0.332 e. The van der Waals surface area contributed by atoms with Crippen LogP contribution in [0.25, 0.3) is 11.0 Å². The molecule has 2 aromatic heterocycles. The molecule has 0 spiro atoms. The lowest BCUT2D eigenvalue weighted by molar-refractivity contribution is 0.102. The first-order valence-electron chi connectivity index (χ1n) is 7.68. The van der Waals surface area contributed by atoms with Gasteiger partial charge in [0.15, 0.2) is 0 Å². The molecule has 1 aromatic carbocycles. The number of halogens is 2. The quantitative estimate of drug-likeness (QED) is 0.794. The second kappa shape index (κ2) is 6.43. The molecule has 0 unspecified atom stereocenters. The van der Waals surface area contributed by atoms with Crippen LogP contribution in [0.3, 0.4) is 0 Å². The Morgan fingerprint density at radius 1 is 1.24 bits per heavy atom. The number of anilines is 1. The highest BCUT2D eigenvalue weighted by molar-refractivity contribution is 6.05. The summed E-state index contributed by atoms with van der Waals surface area (Å²) in [5, 5.41) is 2.61. The van der Waals surface area contributed by atoms with Gasteiger partial charge in [0.2, 0.25) is 5.43 Å². The van der Waals surface area contributed by atoms with Crippen LogP contribution in [0.1, 0.15) is 23.0 Å². The predicted octanol–water partition coefficient (Wildman–Crippen LogP) is 3.26. The van der Waals surface area contributed by atoms with Gasteiger partial charge in [-0.15, -0.1) is 0 Å². The number of aryl methyl sites for hydroxylation is 2. The second-order valence-corrected chi connectivity index (χ2v) is 5.56. The van der Waals surface area contributed by atoms with E-state index in [2.05, 4.69) is 10.3 Å². The maximum absolute atomic E-state index is 13.7. The van der Waals surface area contributed by atoms with Crippen molar-refractivity contribution >= 4 is 22.6 Å². The summed E-state index contributed by atoms with van der Waals surface area (Å²) >= 11 is 0. The number of aromatic nitrogens is 2. The van der Waals surface area contributed by atoms with E-state index in [0.717, 1.165) is 17.8 Å². The number of nitrogens with zero attached hydrogens (tertiary/aromatic N) is 2. The summed E-state index contributed by atoms with van der Waals surface area (Å²) in [5.41, 5.74) is 0.406. The third kappa shape index (κ3) is 3.13. The van der Waals surface area contributed by atoms with Crippen molar-refractivity contribution < 1.29 is 13.6 Å². The van der Waals surface area contributed by atoms with Crippen molar-refractivity contribution in [2.45, 2.75) is 20.4 Å². The van der Waals surface area contributed by atoms with Crippen LogP contribution < -0.4 is 10.7 Å². The summed E-state index contributed by atoms with van der Waals surface area (Å²) in [4.78, 5) is 29.4. The molecule has 0 saturated heterocycles. The molecule has 5 nitrogen and oxygen atoms in total. The Hall–Kier alpha value is -3.09. The number of rotatable bonds is 3. The third-order valence-corrected chi connectivity index (χ3v) is 3.83. The molecule has 3 aromatic rings. The van der Waals surface area contributed by atoms with Crippen molar-refractivity contribution in [2.75, 3.05) is 5.32 Å². The molecule has 0 aliphatic heterocycles. The van der Waals surface area contributed by atoms with E-state index in [1.807, 2.05) is 13.8 Å². The van der Waals surface area contributed by atoms with E-state index < -0.39 is 23.0 Å². The first-order valence-corrected chi connectivity index (χ1v) is 7.68. The maximum atomic E-state index is 13.7. The van der Waals surface area contributed by atoms with Gasteiger partial charge in [-0.25, -0.2) is 13.8 Å². The molecule has 0 aliphatic rings. The van der Waals surface area contributed by atoms with Gasteiger partial charge in [0.1, 0.15) is 22.8 Å². The fourth-order valence-electron chi connectivity index (χ4n) is 2.54. The normalized spacial score (nSPS) is 10.9. The molecule has 0 aliphatic carbocycles. The monoisotopic (exact) mass is 343 g/mol. The highest BCUT2D eigenvalue weighted by Gasteiger charge is 2.17. The van der Waals surface area contributed by atoms with Gasteiger partial charge in [0.05, 0.1) is 11.1 Å². The number of amides is 1. The van der Waals surface area contributed by atoms with Crippen LogP contribution >= 0.6 is 0 Å². The average molecular weight is 343 g/mol. The molecule has 128 valence electrons. The lowest BCUT2D eigenvalue weighted by Crippen LogP contribution is -2.24. The zero-order chi connectivity index (χ0) is 18.1. The number of hydrogen-bond acceptors (Lipinski definition) is 3. The fourth-order valence-corrected chi connectivity index (χ4v) is 2.54. The number of pyridine rings is 2. The van der Waals surface area contributed by atoms with Gasteiger partial charge in [0, 0.05) is 24.5 Å². The van der Waals surface area contributed by atoms with Crippen molar-refractivity contribution in [3.63, 3.8) is 0 Å². The number of nitrogens with one attached hydrogen (secondary N) is 1. The topological polar surface area (TPSA) is 64.0 Å². The van der Waals surface area contributed by atoms with Gasteiger partial charge in [-0.1, -0.05) is 0 Å². The number of benzene rings is 1.